The molecule has 382 valence electrons. The van der Waals surface area contributed by atoms with Crippen molar-refractivity contribution in [2.75, 3.05) is 26.4 Å². The van der Waals surface area contributed by atoms with Crippen LogP contribution in [0.2, 0.25) is 0 Å². The van der Waals surface area contributed by atoms with Crippen molar-refractivity contribution in [2.45, 2.75) is 203 Å². The number of hydrogen-bond donors (Lipinski definition) is 11. The Morgan fingerprint density at radius 1 is 0.657 bits per heavy atom. The zero-order valence-corrected chi connectivity index (χ0v) is 39.4. The molecule has 1 unspecified atom stereocenters. The second kappa shape index (κ2) is 17.4. The van der Waals surface area contributed by atoms with E-state index in [1.54, 1.807) is 0 Å². The molecule has 5 aliphatic carbocycles. The minimum absolute atomic E-state index is 0.00849. The van der Waals surface area contributed by atoms with Crippen molar-refractivity contribution in [3.8, 4) is 0 Å². The highest BCUT2D eigenvalue weighted by atomic mass is 16.8. The van der Waals surface area contributed by atoms with Gasteiger partial charge in [0.2, 0.25) is 0 Å². The molecule has 0 aromatic carbocycles. The highest BCUT2D eigenvalue weighted by molar-refractivity contribution is 5.59. The lowest BCUT2D eigenvalue weighted by Gasteiger charge is -2.73. The van der Waals surface area contributed by atoms with Gasteiger partial charge in [-0.15, -0.1) is 0 Å². The van der Waals surface area contributed by atoms with Gasteiger partial charge in [0.05, 0.1) is 50.3 Å². The number of aliphatic hydroxyl groups excluding tert-OH is 11. The first kappa shape index (κ1) is 50.6. The Balaban J connectivity index is 1.03. The van der Waals surface area contributed by atoms with Crippen LogP contribution >= 0.6 is 0 Å². The molecule has 4 heterocycles. The third-order valence-electron chi connectivity index (χ3n) is 20.1. The summed E-state index contributed by atoms with van der Waals surface area (Å²) in [6.07, 6.45) is -14.9. The Labute approximate surface area is 391 Å². The van der Waals surface area contributed by atoms with Crippen LogP contribution < -0.4 is 0 Å². The number of carbonyl (C=O) groups excluding carboxylic acids is 1. The predicted octanol–water partition coefficient (Wildman–Crippen LogP) is -1.22. The first-order valence-electron chi connectivity index (χ1n) is 24.5. The van der Waals surface area contributed by atoms with Crippen molar-refractivity contribution >= 4 is 6.29 Å². The highest BCUT2D eigenvalue weighted by Gasteiger charge is 2.79. The van der Waals surface area contributed by atoms with Gasteiger partial charge in [-0.25, -0.2) is 0 Å². The molecule has 0 aromatic rings. The average Bonchev–Trinajstić information content (AvgIpc) is 3.58. The van der Waals surface area contributed by atoms with Crippen molar-refractivity contribution in [2.24, 2.45) is 50.2 Å². The summed E-state index contributed by atoms with van der Waals surface area (Å²) in [7, 11) is 0. The van der Waals surface area contributed by atoms with Gasteiger partial charge >= 0.3 is 0 Å². The normalized spacial score (nSPS) is 59.4. The van der Waals surface area contributed by atoms with E-state index < -0.39 is 150 Å². The Kier molecular flexibility index (Phi) is 13.2. The van der Waals surface area contributed by atoms with E-state index in [0.29, 0.717) is 45.1 Å². The fourth-order valence-electron chi connectivity index (χ4n) is 15.7. The van der Waals surface area contributed by atoms with Crippen LogP contribution in [0.25, 0.3) is 0 Å². The molecule has 9 rings (SSSR count). The third kappa shape index (κ3) is 7.14. The van der Waals surface area contributed by atoms with Gasteiger partial charge in [0.1, 0.15) is 73.4 Å². The average molecular weight is 957 g/mol. The highest BCUT2D eigenvalue weighted by Crippen LogP contribution is 2.79. The molecule has 0 amide bonds. The maximum atomic E-state index is 12.5. The van der Waals surface area contributed by atoms with Crippen molar-refractivity contribution in [3.05, 3.63) is 12.2 Å². The van der Waals surface area contributed by atoms with Gasteiger partial charge < -0.3 is 94.1 Å². The van der Waals surface area contributed by atoms with Crippen molar-refractivity contribution in [1.82, 2.24) is 0 Å². The summed E-state index contributed by atoms with van der Waals surface area (Å²) < 4.78 is 44.2. The van der Waals surface area contributed by atoms with E-state index in [1.165, 1.54) is 6.92 Å². The smallest absolute Gasteiger partial charge is 0.187 e. The van der Waals surface area contributed by atoms with Crippen molar-refractivity contribution in [3.63, 3.8) is 0 Å². The molecule has 2 bridgehead atoms. The van der Waals surface area contributed by atoms with Crippen LogP contribution in [0.5, 0.6) is 0 Å². The Morgan fingerprint density at radius 3 is 1.85 bits per heavy atom. The minimum atomic E-state index is -1.90. The number of carbonyl (C=O) groups is 1. The van der Waals surface area contributed by atoms with Crippen LogP contribution in [0, 0.1) is 50.2 Å². The number of ether oxygens (including phenoxy) is 7. The zero-order valence-electron chi connectivity index (χ0n) is 39.4. The molecular weight excluding hydrogens is 881 g/mol. The number of fused-ring (bicyclic) bond motifs is 4. The SMILES string of the molecule is C[C@H]1O[C@@H](O[C@H]2CC[C@@]3(C)C(CC[C@]4(C)[C@@H]3C=C[C@]35OC[C@@]6(CC[C@](C)(C=O)C[C@H]63)[C@@H](O)C[C@]54C)[C@]2(C)CO)[C@H](O[C@@H]2O[C@H](CO)[C@@H](O)[C@H](O)[C@H]2O)[C@@H](O[C@@H]2O[C@H](CO)[C@@H](O)[C@H](O)[C@H]2O)[C@H]1O. The van der Waals surface area contributed by atoms with Crippen LogP contribution in [0.1, 0.15) is 92.9 Å². The largest absolute Gasteiger partial charge is 0.396 e. The summed E-state index contributed by atoms with van der Waals surface area (Å²) in [5.74, 6) is -0.176. The number of rotatable bonds is 10. The van der Waals surface area contributed by atoms with Gasteiger partial charge in [-0.3, -0.25) is 0 Å². The molecule has 11 N–H and O–H groups in total. The molecule has 0 aromatic heterocycles. The van der Waals surface area contributed by atoms with Crippen LogP contribution in [-0.2, 0) is 38.0 Å². The maximum absolute atomic E-state index is 12.5. The summed E-state index contributed by atoms with van der Waals surface area (Å²) in [4.78, 5) is 12.5. The van der Waals surface area contributed by atoms with Gasteiger partial charge in [-0.05, 0) is 81.0 Å². The maximum Gasteiger partial charge on any atom is 0.187 e. The van der Waals surface area contributed by atoms with E-state index in [2.05, 4.69) is 32.9 Å². The summed E-state index contributed by atoms with van der Waals surface area (Å²) >= 11 is 0. The van der Waals surface area contributed by atoms with Crippen LogP contribution in [-0.4, -0.2) is 199 Å². The number of hydrogen-bond acceptors (Lipinski definition) is 19. The predicted molar refractivity (Wildman–Crippen MR) is 230 cm³/mol. The van der Waals surface area contributed by atoms with Gasteiger partial charge in [0.25, 0.3) is 0 Å². The van der Waals surface area contributed by atoms with E-state index >= 15 is 0 Å². The summed E-state index contributed by atoms with van der Waals surface area (Å²) in [5.41, 5.74) is -3.78. The Morgan fingerprint density at radius 2 is 1.27 bits per heavy atom. The van der Waals surface area contributed by atoms with E-state index in [0.717, 1.165) is 19.1 Å². The summed E-state index contributed by atoms with van der Waals surface area (Å²) in [6, 6.07) is 0. The number of aldehydes is 1. The van der Waals surface area contributed by atoms with Crippen LogP contribution in [0.3, 0.4) is 0 Å². The molecule has 0 radical (unpaired) electrons. The van der Waals surface area contributed by atoms with Crippen molar-refractivity contribution < 1.29 is 94.1 Å². The van der Waals surface area contributed by atoms with E-state index in [4.69, 9.17) is 33.2 Å². The van der Waals surface area contributed by atoms with Gasteiger partial charge in [-0.1, -0.05) is 46.8 Å². The summed E-state index contributed by atoms with van der Waals surface area (Å²) in [6.45, 7) is 11.1. The van der Waals surface area contributed by atoms with Crippen LogP contribution in [0.4, 0.5) is 0 Å². The molecular formula is C48H76O19. The molecule has 4 aliphatic heterocycles. The molecule has 1 spiro atoms. The molecule has 4 saturated heterocycles. The summed E-state index contributed by atoms with van der Waals surface area (Å²) in [5, 5.41) is 120. The first-order chi connectivity index (χ1) is 31.5. The number of aliphatic hydroxyl groups is 11. The molecule has 8 fully saturated rings. The monoisotopic (exact) mass is 956 g/mol. The first-order valence-corrected chi connectivity index (χ1v) is 24.5. The second-order valence-electron chi connectivity index (χ2n) is 23.4. The van der Waals surface area contributed by atoms with Crippen LogP contribution in [0.15, 0.2) is 12.2 Å². The van der Waals surface area contributed by atoms with Gasteiger partial charge in [0.15, 0.2) is 18.9 Å². The molecule has 19 heteroatoms. The number of allylic oxidation sites excluding steroid dienone is 1. The fourth-order valence-corrected chi connectivity index (χ4v) is 15.7. The van der Waals surface area contributed by atoms with Gasteiger partial charge in [0, 0.05) is 27.6 Å². The molecule has 19 nitrogen and oxygen atoms in total. The standard InChI is InChI=1S/C48H76O19/c1-22-30(54)37(66-39-35(59)33(57)31(55)23(17-49)63-39)38(67-40-36(60)34(58)32(56)24(18-50)64-40)41(62-22)65-29-9-10-43(3)25(44(29,4)20-52)7-11-45(5)26(43)8-12-48-27-15-42(2,19-51)13-14-47(27,21-61-48)28(53)16-46(45,48)6/h8,12,19,22-41,49-50,52-60H,7,9-11,13-18,20-21H2,1-6H3/t22-,23-,24-,25?,26-,27-,28+,29+,30+,31-,32-,33+,34+,35-,36-,37+,38-,39+,40+,41+,42+,43+,44+,45-,46+,47-,48+/m1/s1. The second-order valence-corrected chi connectivity index (χ2v) is 23.4. The topological polar surface area (TPSA) is 304 Å². The zero-order chi connectivity index (χ0) is 48.6. The minimum Gasteiger partial charge on any atom is -0.396 e. The third-order valence-corrected chi connectivity index (χ3v) is 20.1. The van der Waals surface area contributed by atoms with Crippen molar-refractivity contribution in [1.29, 1.82) is 0 Å². The molecule has 27 atom stereocenters. The fraction of sp³-hybridized carbons (Fsp3) is 0.938. The molecule has 67 heavy (non-hydrogen) atoms. The quantitative estimate of drug-likeness (QED) is 0.0695. The van der Waals surface area contributed by atoms with E-state index in [-0.39, 0.29) is 29.8 Å². The Bertz CT molecular complexity index is 1860. The van der Waals surface area contributed by atoms with Gasteiger partial charge in [-0.2, -0.15) is 0 Å². The Hall–Kier alpha value is -1.31. The molecule has 4 saturated carbocycles. The van der Waals surface area contributed by atoms with E-state index in [9.17, 15) is 61.0 Å². The lowest BCUT2D eigenvalue weighted by molar-refractivity contribution is -0.398. The lowest BCUT2D eigenvalue weighted by Crippen LogP contribution is -2.73. The molecule has 9 aliphatic rings. The lowest BCUT2D eigenvalue weighted by atomic mass is 9.32. The van der Waals surface area contributed by atoms with E-state index in [1.807, 2.05) is 13.8 Å².